The second-order valence-corrected chi connectivity index (χ2v) is 6.91. The maximum absolute atomic E-state index is 12.6. The van der Waals surface area contributed by atoms with E-state index < -0.39 is 0 Å². The summed E-state index contributed by atoms with van der Waals surface area (Å²) in [4.78, 5) is 18.9. The molecule has 1 aromatic carbocycles. The Morgan fingerprint density at radius 1 is 1.32 bits per heavy atom. The van der Waals surface area contributed by atoms with Gasteiger partial charge in [-0.3, -0.25) is 14.7 Å². The minimum Gasteiger partial charge on any atom is -0.496 e. The van der Waals surface area contributed by atoms with Gasteiger partial charge in [-0.25, -0.2) is 0 Å². The number of methoxy groups -OCH3 is 2. The fourth-order valence-corrected chi connectivity index (χ4v) is 3.55. The van der Waals surface area contributed by atoms with E-state index in [0.717, 1.165) is 47.8 Å². The summed E-state index contributed by atoms with van der Waals surface area (Å²) in [5.74, 6) is 1.66. The average molecular weight is 384 g/mol. The first-order valence-corrected chi connectivity index (χ1v) is 9.45. The fraction of sp³-hybridized carbons (Fsp3) is 0.429. The Balaban J connectivity index is 1.60. The largest absolute Gasteiger partial charge is 0.496 e. The van der Waals surface area contributed by atoms with Gasteiger partial charge in [0.2, 0.25) is 5.91 Å². The number of aromatic nitrogens is 1. The highest BCUT2D eigenvalue weighted by molar-refractivity contribution is 5.82. The van der Waals surface area contributed by atoms with E-state index >= 15 is 0 Å². The predicted molar refractivity (Wildman–Crippen MR) is 107 cm³/mol. The summed E-state index contributed by atoms with van der Waals surface area (Å²) < 4.78 is 11.0. The number of amides is 1. The van der Waals surface area contributed by atoms with Gasteiger partial charge >= 0.3 is 0 Å². The second-order valence-electron chi connectivity index (χ2n) is 6.91. The number of nitrogens with zero attached hydrogens (tertiary/aromatic N) is 2. The highest BCUT2D eigenvalue weighted by Gasteiger charge is 2.26. The number of rotatable bonds is 7. The van der Waals surface area contributed by atoms with Crippen LogP contribution in [-0.4, -0.2) is 55.7 Å². The van der Waals surface area contributed by atoms with Crippen molar-refractivity contribution >= 4 is 5.91 Å². The minimum atomic E-state index is -0.240. The van der Waals surface area contributed by atoms with Crippen LogP contribution in [0.15, 0.2) is 36.7 Å². The Morgan fingerprint density at radius 2 is 2.18 bits per heavy atom. The third-order valence-corrected chi connectivity index (χ3v) is 5.02. The second kappa shape index (κ2) is 9.52. The Morgan fingerprint density at radius 3 is 2.89 bits per heavy atom. The number of piperazine rings is 1. The lowest BCUT2D eigenvalue weighted by atomic mass is 10.1. The van der Waals surface area contributed by atoms with Crippen LogP contribution < -0.4 is 20.1 Å². The van der Waals surface area contributed by atoms with Crippen molar-refractivity contribution in [3.8, 4) is 11.5 Å². The molecule has 7 nitrogen and oxygen atoms in total. The fourth-order valence-electron chi connectivity index (χ4n) is 3.55. The SMILES string of the molecule is COc1ccc(CN2CCN[C@@H](C(=O)NCc3cccnc3)C2)c(OC)c1C. The van der Waals surface area contributed by atoms with Crippen molar-refractivity contribution in [2.24, 2.45) is 0 Å². The van der Waals surface area contributed by atoms with Gasteiger partial charge in [0, 0.05) is 56.2 Å². The lowest BCUT2D eigenvalue weighted by Crippen LogP contribution is -2.56. The zero-order chi connectivity index (χ0) is 19.9. The Labute approximate surface area is 166 Å². The molecule has 0 aliphatic carbocycles. The van der Waals surface area contributed by atoms with Gasteiger partial charge in [-0.15, -0.1) is 0 Å². The molecule has 2 heterocycles. The van der Waals surface area contributed by atoms with Crippen molar-refractivity contribution in [2.45, 2.75) is 26.1 Å². The van der Waals surface area contributed by atoms with E-state index in [2.05, 4.69) is 20.5 Å². The van der Waals surface area contributed by atoms with Crippen molar-refractivity contribution in [1.82, 2.24) is 20.5 Å². The van der Waals surface area contributed by atoms with Gasteiger partial charge in [0.1, 0.15) is 11.5 Å². The molecule has 2 N–H and O–H groups in total. The molecule has 1 aromatic heterocycles. The minimum absolute atomic E-state index is 0.00595. The van der Waals surface area contributed by atoms with Gasteiger partial charge in [-0.1, -0.05) is 12.1 Å². The molecular weight excluding hydrogens is 356 g/mol. The van der Waals surface area contributed by atoms with Crippen LogP contribution in [0.25, 0.3) is 0 Å². The van der Waals surface area contributed by atoms with Crippen LogP contribution in [0.4, 0.5) is 0 Å². The predicted octanol–water partition coefficient (Wildman–Crippen LogP) is 1.50. The molecule has 0 bridgehead atoms. The van der Waals surface area contributed by atoms with Crippen LogP contribution in [0.1, 0.15) is 16.7 Å². The molecule has 1 aliphatic heterocycles. The molecular formula is C21H28N4O3. The standard InChI is InChI=1S/C21H28N4O3/c1-15-19(27-2)7-6-17(20(15)28-3)13-25-10-9-23-18(14-25)21(26)24-12-16-5-4-8-22-11-16/h4-8,11,18,23H,9-10,12-14H2,1-3H3,(H,24,26)/t18-/m1/s1. The van der Waals surface area contributed by atoms with Gasteiger partial charge in [0.15, 0.2) is 0 Å². The monoisotopic (exact) mass is 384 g/mol. The molecule has 1 atom stereocenters. The van der Waals surface area contributed by atoms with E-state index in [1.807, 2.05) is 31.2 Å². The highest BCUT2D eigenvalue weighted by atomic mass is 16.5. The van der Waals surface area contributed by atoms with Crippen LogP contribution in [0, 0.1) is 6.92 Å². The number of hydrogen-bond donors (Lipinski definition) is 2. The van der Waals surface area contributed by atoms with Crippen LogP contribution in [0.3, 0.4) is 0 Å². The number of nitrogens with one attached hydrogen (secondary N) is 2. The van der Waals surface area contributed by atoms with Gasteiger partial charge in [0.25, 0.3) is 0 Å². The summed E-state index contributed by atoms with van der Waals surface area (Å²) in [6.07, 6.45) is 3.49. The number of ether oxygens (including phenoxy) is 2. The van der Waals surface area contributed by atoms with Crippen molar-refractivity contribution in [2.75, 3.05) is 33.9 Å². The summed E-state index contributed by atoms with van der Waals surface area (Å²) >= 11 is 0. The smallest absolute Gasteiger partial charge is 0.238 e. The number of benzene rings is 1. The zero-order valence-electron chi connectivity index (χ0n) is 16.7. The summed E-state index contributed by atoms with van der Waals surface area (Å²) in [5.41, 5.74) is 3.07. The number of carbonyl (C=O) groups excluding carboxylic acids is 1. The Bertz CT molecular complexity index is 798. The average Bonchev–Trinajstić information content (AvgIpc) is 2.73. The van der Waals surface area contributed by atoms with Crippen molar-refractivity contribution in [3.05, 3.63) is 53.3 Å². The molecule has 1 saturated heterocycles. The third kappa shape index (κ3) is 4.79. The van der Waals surface area contributed by atoms with Crippen LogP contribution >= 0.6 is 0 Å². The number of pyridine rings is 1. The molecule has 0 unspecified atom stereocenters. The van der Waals surface area contributed by atoms with Gasteiger partial charge in [-0.2, -0.15) is 0 Å². The number of carbonyl (C=O) groups is 1. The van der Waals surface area contributed by atoms with Gasteiger partial charge < -0.3 is 20.1 Å². The summed E-state index contributed by atoms with van der Waals surface area (Å²) in [7, 11) is 3.34. The van der Waals surface area contributed by atoms with E-state index in [9.17, 15) is 4.79 Å². The molecule has 3 rings (SSSR count). The summed E-state index contributed by atoms with van der Waals surface area (Å²) in [6, 6.07) is 7.58. The van der Waals surface area contributed by atoms with E-state index in [1.54, 1.807) is 26.6 Å². The molecule has 150 valence electrons. The van der Waals surface area contributed by atoms with Crippen LogP contribution in [-0.2, 0) is 17.9 Å². The molecule has 1 fully saturated rings. The quantitative estimate of drug-likeness (QED) is 0.754. The van der Waals surface area contributed by atoms with E-state index in [-0.39, 0.29) is 11.9 Å². The summed E-state index contributed by atoms with van der Waals surface area (Å²) in [6.45, 7) is 5.49. The van der Waals surface area contributed by atoms with E-state index in [1.165, 1.54) is 0 Å². The third-order valence-electron chi connectivity index (χ3n) is 5.02. The summed E-state index contributed by atoms with van der Waals surface area (Å²) in [5, 5.41) is 6.30. The number of hydrogen-bond acceptors (Lipinski definition) is 6. The molecule has 28 heavy (non-hydrogen) atoms. The van der Waals surface area contributed by atoms with Crippen molar-refractivity contribution in [3.63, 3.8) is 0 Å². The van der Waals surface area contributed by atoms with Crippen LogP contribution in [0.2, 0.25) is 0 Å². The maximum atomic E-state index is 12.6. The lowest BCUT2D eigenvalue weighted by molar-refractivity contribution is -0.124. The zero-order valence-corrected chi connectivity index (χ0v) is 16.7. The molecule has 7 heteroatoms. The van der Waals surface area contributed by atoms with Crippen LogP contribution in [0.5, 0.6) is 11.5 Å². The first kappa shape index (κ1) is 20.1. The topological polar surface area (TPSA) is 75.7 Å². The van der Waals surface area contributed by atoms with Crippen molar-refractivity contribution < 1.29 is 14.3 Å². The maximum Gasteiger partial charge on any atom is 0.238 e. The Kier molecular flexibility index (Phi) is 6.84. The Hall–Kier alpha value is -2.64. The first-order chi connectivity index (χ1) is 13.6. The van der Waals surface area contributed by atoms with Gasteiger partial charge in [-0.05, 0) is 24.6 Å². The molecule has 0 spiro atoms. The lowest BCUT2D eigenvalue weighted by Gasteiger charge is -2.33. The van der Waals surface area contributed by atoms with Crippen molar-refractivity contribution in [1.29, 1.82) is 0 Å². The molecule has 1 aliphatic rings. The molecule has 2 aromatic rings. The normalized spacial score (nSPS) is 17.2. The van der Waals surface area contributed by atoms with E-state index in [4.69, 9.17) is 9.47 Å². The molecule has 0 radical (unpaired) electrons. The first-order valence-electron chi connectivity index (χ1n) is 9.45. The highest BCUT2D eigenvalue weighted by Crippen LogP contribution is 2.32. The molecule has 0 saturated carbocycles. The molecule has 1 amide bonds. The van der Waals surface area contributed by atoms with E-state index in [0.29, 0.717) is 13.1 Å². The van der Waals surface area contributed by atoms with Gasteiger partial charge in [0.05, 0.1) is 20.3 Å².